The highest BCUT2D eigenvalue weighted by Crippen LogP contribution is 2.43. The highest BCUT2D eigenvalue weighted by Gasteiger charge is 2.50. The Morgan fingerprint density at radius 2 is 2.11 bits per heavy atom. The van der Waals surface area contributed by atoms with Gasteiger partial charge in [0, 0.05) is 18.3 Å². The van der Waals surface area contributed by atoms with Gasteiger partial charge in [-0.2, -0.15) is 0 Å². The number of hydrogen-bond donors (Lipinski definition) is 1. The maximum absolute atomic E-state index is 12.5. The first-order valence-electron chi connectivity index (χ1n) is 10.3. The second-order valence-electron chi connectivity index (χ2n) is 8.01. The Morgan fingerprint density at radius 3 is 2.82 bits per heavy atom. The van der Waals surface area contributed by atoms with Crippen LogP contribution in [0.15, 0.2) is 42.5 Å². The molecular weight excluding hydrogens is 356 g/mol. The van der Waals surface area contributed by atoms with E-state index in [1.54, 1.807) is 30.3 Å². The van der Waals surface area contributed by atoms with Crippen molar-refractivity contribution in [2.45, 2.75) is 64.3 Å². The molecule has 5 heteroatoms. The molecule has 28 heavy (non-hydrogen) atoms. The molecule has 0 bridgehead atoms. The molecule has 0 amide bonds. The average Bonchev–Trinajstić information content (AvgIpc) is 3.20. The highest BCUT2D eigenvalue weighted by atomic mass is 16.6. The van der Waals surface area contributed by atoms with Crippen molar-refractivity contribution in [2.75, 3.05) is 0 Å². The maximum Gasteiger partial charge on any atom is 0.338 e. The number of benzene rings is 1. The number of aliphatic hydroxyl groups excluding tert-OH is 1. The third-order valence-corrected chi connectivity index (χ3v) is 5.95. The molecule has 6 atom stereocenters. The van der Waals surface area contributed by atoms with Crippen LogP contribution in [0.5, 0.6) is 0 Å². The fourth-order valence-corrected chi connectivity index (χ4v) is 4.20. The summed E-state index contributed by atoms with van der Waals surface area (Å²) in [5, 5.41) is 10.5. The van der Waals surface area contributed by atoms with E-state index in [0.717, 1.165) is 19.3 Å². The molecular formula is C23H30O5. The molecule has 2 aliphatic rings. The molecule has 3 rings (SSSR count). The number of ether oxygens (including phenoxy) is 2. The molecule has 1 aliphatic heterocycles. The third kappa shape index (κ3) is 4.82. The van der Waals surface area contributed by atoms with E-state index in [2.05, 4.69) is 6.92 Å². The zero-order valence-electron chi connectivity index (χ0n) is 16.6. The summed E-state index contributed by atoms with van der Waals surface area (Å²) in [7, 11) is 0. The monoisotopic (exact) mass is 386 g/mol. The van der Waals surface area contributed by atoms with Gasteiger partial charge in [-0.25, -0.2) is 4.79 Å². The molecule has 1 N–H and O–H groups in total. The Kier molecular flexibility index (Phi) is 6.89. The number of aliphatic hydroxyl groups is 1. The number of fused-ring (bicyclic) bond motifs is 1. The van der Waals surface area contributed by atoms with Crippen LogP contribution >= 0.6 is 0 Å². The van der Waals surface area contributed by atoms with Crippen molar-refractivity contribution in [2.24, 2.45) is 17.8 Å². The Bertz CT molecular complexity index is 698. The van der Waals surface area contributed by atoms with Crippen LogP contribution in [0.4, 0.5) is 0 Å². The third-order valence-electron chi connectivity index (χ3n) is 5.95. The highest BCUT2D eigenvalue weighted by molar-refractivity contribution is 5.89. The summed E-state index contributed by atoms with van der Waals surface area (Å²) in [4.78, 5) is 24.2. The topological polar surface area (TPSA) is 72.8 Å². The lowest BCUT2D eigenvalue weighted by atomic mass is 9.90. The molecule has 152 valence electrons. The Hall–Kier alpha value is -2.14. The van der Waals surface area contributed by atoms with Crippen LogP contribution in [-0.4, -0.2) is 35.4 Å². The first-order valence-corrected chi connectivity index (χ1v) is 10.3. The second kappa shape index (κ2) is 9.37. The Balaban J connectivity index is 1.69. The number of esters is 2. The summed E-state index contributed by atoms with van der Waals surface area (Å²) in [5.41, 5.74) is 0.507. The Labute approximate surface area is 166 Å². The van der Waals surface area contributed by atoms with Crippen molar-refractivity contribution >= 4 is 11.9 Å². The predicted molar refractivity (Wildman–Crippen MR) is 106 cm³/mol. The van der Waals surface area contributed by atoms with Gasteiger partial charge in [0.25, 0.3) is 0 Å². The fourth-order valence-electron chi connectivity index (χ4n) is 4.20. The van der Waals surface area contributed by atoms with Gasteiger partial charge in [0.1, 0.15) is 12.2 Å². The van der Waals surface area contributed by atoms with Gasteiger partial charge in [0.15, 0.2) is 0 Å². The van der Waals surface area contributed by atoms with Crippen LogP contribution in [0.3, 0.4) is 0 Å². The first-order chi connectivity index (χ1) is 13.5. The molecule has 0 radical (unpaired) electrons. The molecule has 5 nitrogen and oxygen atoms in total. The molecule has 1 saturated carbocycles. The summed E-state index contributed by atoms with van der Waals surface area (Å²) in [6, 6.07) is 8.90. The molecule has 1 aromatic carbocycles. The summed E-state index contributed by atoms with van der Waals surface area (Å²) in [6.07, 6.45) is 6.61. The van der Waals surface area contributed by atoms with E-state index < -0.39 is 6.10 Å². The lowest BCUT2D eigenvalue weighted by Crippen LogP contribution is -2.25. The molecule has 2 fully saturated rings. The lowest BCUT2D eigenvalue weighted by Gasteiger charge is -2.21. The van der Waals surface area contributed by atoms with E-state index in [1.807, 2.05) is 19.1 Å². The molecule has 1 heterocycles. The van der Waals surface area contributed by atoms with Crippen LogP contribution in [0.25, 0.3) is 0 Å². The van der Waals surface area contributed by atoms with Crippen molar-refractivity contribution in [3.8, 4) is 0 Å². The summed E-state index contributed by atoms with van der Waals surface area (Å²) in [6.45, 7) is 4.17. The molecule has 1 aromatic rings. The van der Waals surface area contributed by atoms with E-state index in [-0.39, 0.29) is 41.9 Å². The minimum absolute atomic E-state index is 0.00419. The first kappa shape index (κ1) is 20.6. The number of rotatable bonds is 8. The van der Waals surface area contributed by atoms with Crippen molar-refractivity contribution in [3.63, 3.8) is 0 Å². The van der Waals surface area contributed by atoms with Gasteiger partial charge in [-0.05, 0) is 24.5 Å². The van der Waals surface area contributed by atoms with Crippen molar-refractivity contribution in [1.29, 1.82) is 0 Å². The van der Waals surface area contributed by atoms with Gasteiger partial charge in [-0.1, -0.05) is 57.0 Å². The maximum atomic E-state index is 12.5. The normalized spacial score (nSPS) is 28.8. The van der Waals surface area contributed by atoms with Gasteiger partial charge in [0.2, 0.25) is 0 Å². The lowest BCUT2D eigenvalue weighted by molar-refractivity contribution is -0.141. The molecule has 1 unspecified atom stereocenters. The second-order valence-corrected chi connectivity index (χ2v) is 8.01. The van der Waals surface area contributed by atoms with E-state index in [0.29, 0.717) is 18.4 Å². The van der Waals surface area contributed by atoms with Crippen LogP contribution in [0.2, 0.25) is 0 Å². The number of hydrogen-bond acceptors (Lipinski definition) is 5. The van der Waals surface area contributed by atoms with E-state index >= 15 is 0 Å². The quantitative estimate of drug-likeness (QED) is 0.542. The number of carbonyl (C=O) groups excluding carboxylic acids is 2. The van der Waals surface area contributed by atoms with Gasteiger partial charge in [0.05, 0.1) is 18.1 Å². The van der Waals surface area contributed by atoms with Crippen LogP contribution in [-0.2, 0) is 14.3 Å². The zero-order chi connectivity index (χ0) is 20.1. The van der Waals surface area contributed by atoms with Crippen molar-refractivity contribution in [1.82, 2.24) is 0 Å². The van der Waals surface area contributed by atoms with Gasteiger partial charge >= 0.3 is 11.9 Å². The average molecular weight is 386 g/mol. The summed E-state index contributed by atoms with van der Waals surface area (Å²) >= 11 is 0. The van der Waals surface area contributed by atoms with Gasteiger partial charge in [-0.15, -0.1) is 0 Å². The van der Waals surface area contributed by atoms with Gasteiger partial charge in [-0.3, -0.25) is 4.79 Å². The van der Waals surface area contributed by atoms with E-state index in [4.69, 9.17) is 9.47 Å². The van der Waals surface area contributed by atoms with Gasteiger partial charge < -0.3 is 14.6 Å². The zero-order valence-corrected chi connectivity index (χ0v) is 16.6. The van der Waals surface area contributed by atoms with E-state index in [9.17, 15) is 14.7 Å². The number of carbonyl (C=O) groups is 2. The largest absolute Gasteiger partial charge is 0.462 e. The standard InChI is InChI=1S/C23H30O5/c1-3-4-8-15(2)19(24)12-11-17-18-13-22(25)27-21(18)14-20(17)28-23(26)16-9-6-5-7-10-16/h5-7,9-12,15,17-21,24H,3-4,8,13-14H2,1-2H3/t15?,17-,18-,19+,20-,21+/m1/s1. The summed E-state index contributed by atoms with van der Waals surface area (Å²) < 4.78 is 11.2. The summed E-state index contributed by atoms with van der Waals surface area (Å²) in [5.74, 6) is -0.530. The predicted octanol–water partition coefficient (Wildman–Crippen LogP) is 3.91. The van der Waals surface area contributed by atoms with Crippen molar-refractivity contribution in [3.05, 3.63) is 48.0 Å². The molecule has 1 saturated heterocycles. The number of unbranched alkanes of at least 4 members (excludes halogenated alkanes) is 1. The van der Waals surface area contributed by atoms with Crippen molar-refractivity contribution < 1.29 is 24.2 Å². The van der Waals surface area contributed by atoms with E-state index in [1.165, 1.54) is 0 Å². The Morgan fingerprint density at radius 1 is 1.36 bits per heavy atom. The van der Waals surface area contributed by atoms with Crippen LogP contribution < -0.4 is 0 Å². The minimum atomic E-state index is -0.547. The smallest absolute Gasteiger partial charge is 0.338 e. The molecule has 0 spiro atoms. The van der Waals surface area contributed by atoms with Crippen LogP contribution in [0, 0.1) is 17.8 Å². The molecule has 0 aromatic heterocycles. The SMILES string of the molecule is CCCCC(C)[C@@H](O)C=C[C@@H]1[C@H]2CC(=O)O[C@H]2C[C@H]1OC(=O)c1ccccc1. The fraction of sp³-hybridized carbons (Fsp3) is 0.565. The minimum Gasteiger partial charge on any atom is -0.462 e. The van der Waals surface area contributed by atoms with Crippen LogP contribution in [0.1, 0.15) is 56.3 Å². The molecule has 1 aliphatic carbocycles.